The lowest BCUT2D eigenvalue weighted by Gasteiger charge is -2.30. The van der Waals surface area contributed by atoms with Crippen molar-refractivity contribution in [3.05, 3.63) is 35.2 Å². The zero-order chi connectivity index (χ0) is 22.1. The zero-order valence-corrected chi connectivity index (χ0v) is 19.0. The number of amides is 2. The molecule has 0 bridgehead atoms. The molecule has 0 unspecified atom stereocenters. The molecule has 2 aromatic heterocycles. The number of nitrogens with one attached hydrogen (secondary N) is 2. The van der Waals surface area contributed by atoms with Gasteiger partial charge in [-0.25, -0.2) is 14.8 Å². The molecular formula is C22H27N5O3S. The first-order chi connectivity index (χ1) is 14.9. The zero-order valence-electron chi connectivity index (χ0n) is 18.1. The van der Waals surface area contributed by atoms with Crippen molar-refractivity contribution in [2.24, 2.45) is 5.92 Å². The Balaban J connectivity index is 1.60. The van der Waals surface area contributed by atoms with Crippen LogP contribution in [0.15, 0.2) is 23.8 Å². The number of aryl methyl sites for hydroxylation is 1. The maximum absolute atomic E-state index is 13.3. The number of carbonyl (C=O) groups is 2. The third kappa shape index (κ3) is 4.01. The van der Waals surface area contributed by atoms with Crippen LogP contribution in [0.25, 0.3) is 21.5 Å². The number of carbonyl (C=O) groups excluding carboxylic acids is 2. The molecule has 3 heterocycles. The largest absolute Gasteiger partial charge is 0.453 e. The van der Waals surface area contributed by atoms with Gasteiger partial charge in [0, 0.05) is 12.1 Å². The van der Waals surface area contributed by atoms with Crippen molar-refractivity contribution in [2.45, 2.75) is 45.7 Å². The highest BCUT2D eigenvalue weighted by Gasteiger charge is 2.37. The first-order valence-electron chi connectivity index (χ1n) is 10.4. The summed E-state index contributed by atoms with van der Waals surface area (Å²) in [6.45, 7) is 6.51. The van der Waals surface area contributed by atoms with Crippen molar-refractivity contribution in [1.82, 2.24) is 25.2 Å². The molecule has 1 aliphatic heterocycles. The number of likely N-dealkylation sites (tertiary alicyclic amines) is 1. The lowest BCUT2D eigenvalue weighted by molar-refractivity contribution is -0.135. The van der Waals surface area contributed by atoms with Gasteiger partial charge in [0.25, 0.3) is 0 Å². The molecule has 0 aliphatic carbocycles. The van der Waals surface area contributed by atoms with Crippen LogP contribution >= 0.6 is 11.3 Å². The number of aromatic amines is 1. The van der Waals surface area contributed by atoms with Crippen molar-refractivity contribution in [3.8, 4) is 11.3 Å². The van der Waals surface area contributed by atoms with E-state index in [0.29, 0.717) is 6.54 Å². The summed E-state index contributed by atoms with van der Waals surface area (Å²) in [6.07, 6.45) is 2.94. The molecule has 3 aromatic rings. The van der Waals surface area contributed by atoms with Gasteiger partial charge in [0.2, 0.25) is 5.91 Å². The molecule has 9 heteroatoms. The van der Waals surface area contributed by atoms with Gasteiger partial charge in [0.1, 0.15) is 11.9 Å². The molecule has 1 fully saturated rings. The van der Waals surface area contributed by atoms with E-state index in [1.165, 1.54) is 7.11 Å². The van der Waals surface area contributed by atoms with Crippen LogP contribution in [0.5, 0.6) is 0 Å². The van der Waals surface area contributed by atoms with Crippen LogP contribution in [0, 0.1) is 12.8 Å². The third-order valence-electron chi connectivity index (χ3n) is 5.81. The fourth-order valence-corrected chi connectivity index (χ4v) is 5.02. The number of thiazole rings is 1. The molecule has 4 rings (SSSR count). The van der Waals surface area contributed by atoms with Crippen LogP contribution in [0.1, 0.15) is 44.1 Å². The van der Waals surface area contributed by atoms with Crippen molar-refractivity contribution < 1.29 is 14.3 Å². The number of H-pyrrole nitrogens is 1. The van der Waals surface area contributed by atoms with E-state index in [0.717, 1.165) is 45.7 Å². The molecule has 1 aliphatic rings. The predicted molar refractivity (Wildman–Crippen MR) is 120 cm³/mol. The minimum absolute atomic E-state index is 0.0628. The summed E-state index contributed by atoms with van der Waals surface area (Å²) in [4.78, 5) is 39.4. The second kappa shape index (κ2) is 8.66. The topological polar surface area (TPSA) is 100 Å². The van der Waals surface area contributed by atoms with E-state index in [1.807, 2.05) is 30.5 Å². The number of imidazole rings is 1. The Bertz CT molecular complexity index is 1110. The van der Waals surface area contributed by atoms with Gasteiger partial charge in [-0.1, -0.05) is 26.0 Å². The van der Waals surface area contributed by atoms with Gasteiger partial charge in [-0.2, -0.15) is 0 Å². The lowest BCUT2D eigenvalue weighted by Crippen LogP contribution is -2.51. The molecule has 0 radical (unpaired) electrons. The number of rotatable bonds is 5. The highest BCUT2D eigenvalue weighted by molar-refractivity contribution is 7.17. The van der Waals surface area contributed by atoms with E-state index in [1.54, 1.807) is 11.3 Å². The maximum Gasteiger partial charge on any atom is 0.407 e. The number of aromatic nitrogens is 3. The summed E-state index contributed by atoms with van der Waals surface area (Å²) in [7, 11) is 1.30. The monoisotopic (exact) mass is 441 g/mol. The van der Waals surface area contributed by atoms with Gasteiger partial charge >= 0.3 is 6.09 Å². The van der Waals surface area contributed by atoms with Crippen molar-refractivity contribution in [2.75, 3.05) is 13.7 Å². The molecule has 2 amide bonds. The Morgan fingerprint density at radius 1 is 1.32 bits per heavy atom. The summed E-state index contributed by atoms with van der Waals surface area (Å²) in [5.74, 6) is 0.591. The molecule has 1 aromatic carbocycles. The Hall–Kier alpha value is -2.94. The van der Waals surface area contributed by atoms with E-state index < -0.39 is 12.1 Å². The fourth-order valence-electron chi connectivity index (χ4n) is 4.13. The van der Waals surface area contributed by atoms with E-state index in [9.17, 15) is 9.59 Å². The number of benzene rings is 1. The maximum atomic E-state index is 13.3. The normalized spacial score (nSPS) is 17.3. The number of alkyl carbamates (subject to hydrolysis) is 1. The van der Waals surface area contributed by atoms with Crippen LogP contribution in [0.2, 0.25) is 0 Å². The Morgan fingerprint density at radius 3 is 2.87 bits per heavy atom. The summed E-state index contributed by atoms with van der Waals surface area (Å²) in [5, 5.41) is 2.68. The molecule has 164 valence electrons. The average molecular weight is 442 g/mol. The quantitative estimate of drug-likeness (QED) is 0.622. The van der Waals surface area contributed by atoms with Gasteiger partial charge in [0.15, 0.2) is 0 Å². The van der Waals surface area contributed by atoms with E-state index in [-0.39, 0.29) is 17.9 Å². The first kappa shape index (κ1) is 21.3. The van der Waals surface area contributed by atoms with E-state index in [4.69, 9.17) is 4.74 Å². The van der Waals surface area contributed by atoms with Gasteiger partial charge in [0.05, 0.1) is 40.8 Å². The molecule has 0 spiro atoms. The second-order valence-electron chi connectivity index (χ2n) is 8.19. The van der Waals surface area contributed by atoms with Gasteiger partial charge in [-0.3, -0.25) is 4.79 Å². The Kier molecular flexibility index (Phi) is 5.95. The molecule has 8 nitrogen and oxygen atoms in total. The molecule has 2 N–H and O–H groups in total. The summed E-state index contributed by atoms with van der Waals surface area (Å²) in [6, 6.07) is 3.36. The van der Waals surface area contributed by atoms with Crippen molar-refractivity contribution >= 4 is 33.6 Å². The number of ether oxygens (including phenoxy) is 1. The van der Waals surface area contributed by atoms with Gasteiger partial charge < -0.3 is 19.9 Å². The minimum atomic E-state index is -0.642. The van der Waals surface area contributed by atoms with Gasteiger partial charge in [-0.15, -0.1) is 11.3 Å². The molecule has 1 saturated heterocycles. The number of fused-ring (bicyclic) bond motifs is 1. The summed E-state index contributed by atoms with van der Waals surface area (Å²) >= 11 is 1.61. The van der Waals surface area contributed by atoms with E-state index >= 15 is 0 Å². The highest BCUT2D eigenvalue weighted by Crippen LogP contribution is 2.35. The number of nitrogens with zero attached hydrogens (tertiary/aromatic N) is 3. The first-order valence-corrected chi connectivity index (χ1v) is 11.3. The smallest absolute Gasteiger partial charge is 0.407 e. The number of hydrogen-bond donors (Lipinski definition) is 2. The predicted octanol–water partition coefficient (Wildman–Crippen LogP) is 4.04. The lowest BCUT2D eigenvalue weighted by atomic mass is 10.0. The summed E-state index contributed by atoms with van der Waals surface area (Å²) in [5.41, 5.74) is 5.98. The van der Waals surface area contributed by atoms with Crippen LogP contribution in [0.4, 0.5) is 4.79 Å². The number of methoxy groups -OCH3 is 1. The van der Waals surface area contributed by atoms with Crippen LogP contribution in [-0.4, -0.2) is 51.5 Å². The molecule has 31 heavy (non-hydrogen) atoms. The van der Waals surface area contributed by atoms with Crippen molar-refractivity contribution in [1.29, 1.82) is 0 Å². The molecule has 2 atom stereocenters. The highest BCUT2D eigenvalue weighted by atomic mass is 32.1. The fraction of sp³-hybridized carbons (Fsp3) is 0.455. The van der Waals surface area contributed by atoms with Gasteiger partial charge in [-0.05, 0) is 31.2 Å². The average Bonchev–Trinajstić information content (AvgIpc) is 3.51. The minimum Gasteiger partial charge on any atom is -0.453 e. The third-order valence-corrected chi connectivity index (χ3v) is 6.67. The van der Waals surface area contributed by atoms with Crippen LogP contribution in [-0.2, 0) is 9.53 Å². The standard InChI is InChI=1S/C22H27N5O3S/c1-12(2)17(26-22(29)30-4)21(28)27-9-5-6-16(27)20-23-10-15(25-20)14-8-7-13(3)18-19(14)31-11-24-18/h7-8,10-12,16-17H,5-6,9H2,1-4H3,(H,23,25)(H,26,29)/t16-,17-/m0/s1. The van der Waals surface area contributed by atoms with Crippen LogP contribution < -0.4 is 5.32 Å². The van der Waals surface area contributed by atoms with Crippen LogP contribution in [0.3, 0.4) is 0 Å². The summed E-state index contributed by atoms with van der Waals surface area (Å²) < 4.78 is 5.82. The molecular weight excluding hydrogens is 414 g/mol. The number of hydrogen-bond acceptors (Lipinski definition) is 6. The van der Waals surface area contributed by atoms with E-state index in [2.05, 4.69) is 39.3 Å². The SMILES string of the molecule is COC(=O)N[C@H](C(=O)N1CCC[C@H]1c1ncc(-c2ccc(C)c3ncsc23)[nH]1)C(C)C. The Labute approximate surface area is 185 Å². The molecule has 0 saturated carbocycles. The Morgan fingerprint density at radius 2 is 2.13 bits per heavy atom. The van der Waals surface area contributed by atoms with Crippen molar-refractivity contribution in [3.63, 3.8) is 0 Å². The second-order valence-corrected chi connectivity index (χ2v) is 9.04.